The highest BCUT2D eigenvalue weighted by Crippen LogP contribution is 2.30. The standard InChI is InChI=1S/C13H16O5/c1-16-10-4-2-3-9(7-10)13-17-8-11(18-13)5-6-12(14)15/h2-4,7,11,13H,5-6,8H2,1H3,(H,14,15). The third-order valence-electron chi connectivity index (χ3n) is 2.80. The predicted molar refractivity (Wildman–Crippen MR) is 63.4 cm³/mol. The van der Waals surface area contributed by atoms with Crippen LogP contribution in [-0.2, 0) is 14.3 Å². The van der Waals surface area contributed by atoms with Gasteiger partial charge in [-0.2, -0.15) is 0 Å². The minimum atomic E-state index is -0.816. The van der Waals surface area contributed by atoms with E-state index in [1.54, 1.807) is 7.11 Å². The molecule has 2 atom stereocenters. The van der Waals surface area contributed by atoms with Crippen molar-refractivity contribution in [1.82, 2.24) is 0 Å². The Morgan fingerprint density at radius 1 is 1.56 bits per heavy atom. The first-order valence-electron chi connectivity index (χ1n) is 5.82. The summed E-state index contributed by atoms with van der Waals surface area (Å²) in [6.45, 7) is 0.426. The van der Waals surface area contributed by atoms with Crippen LogP contribution in [0.15, 0.2) is 24.3 Å². The summed E-state index contributed by atoms with van der Waals surface area (Å²) < 4.78 is 16.3. The van der Waals surface area contributed by atoms with E-state index in [-0.39, 0.29) is 12.5 Å². The Kier molecular flexibility index (Phi) is 4.17. The number of hydrogen-bond acceptors (Lipinski definition) is 4. The maximum atomic E-state index is 10.5. The Morgan fingerprint density at radius 3 is 3.11 bits per heavy atom. The Morgan fingerprint density at radius 2 is 2.39 bits per heavy atom. The zero-order chi connectivity index (χ0) is 13.0. The summed E-state index contributed by atoms with van der Waals surface area (Å²) in [6.07, 6.45) is -0.0227. The third kappa shape index (κ3) is 3.21. The lowest BCUT2D eigenvalue weighted by molar-refractivity contribution is -0.138. The summed E-state index contributed by atoms with van der Waals surface area (Å²) in [6, 6.07) is 7.46. The second-order valence-electron chi connectivity index (χ2n) is 4.13. The van der Waals surface area contributed by atoms with Crippen LogP contribution in [0.3, 0.4) is 0 Å². The molecule has 1 N–H and O–H groups in total. The van der Waals surface area contributed by atoms with Crippen molar-refractivity contribution >= 4 is 5.97 Å². The van der Waals surface area contributed by atoms with E-state index >= 15 is 0 Å². The predicted octanol–water partition coefficient (Wildman–Crippen LogP) is 1.97. The quantitative estimate of drug-likeness (QED) is 0.868. The monoisotopic (exact) mass is 252 g/mol. The molecule has 98 valence electrons. The molecule has 5 nitrogen and oxygen atoms in total. The van der Waals surface area contributed by atoms with Crippen LogP contribution in [0.1, 0.15) is 24.7 Å². The number of hydrogen-bond donors (Lipinski definition) is 1. The van der Waals surface area contributed by atoms with Crippen LogP contribution in [0.4, 0.5) is 0 Å². The van der Waals surface area contributed by atoms with Crippen molar-refractivity contribution in [3.8, 4) is 5.75 Å². The molecule has 1 aliphatic rings. The first-order chi connectivity index (χ1) is 8.69. The van der Waals surface area contributed by atoms with Gasteiger partial charge in [-0.25, -0.2) is 0 Å². The van der Waals surface area contributed by atoms with Gasteiger partial charge in [0.1, 0.15) is 5.75 Å². The summed E-state index contributed by atoms with van der Waals surface area (Å²) in [5, 5.41) is 8.61. The molecule has 0 saturated carbocycles. The fourth-order valence-electron chi connectivity index (χ4n) is 1.85. The second-order valence-corrected chi connectivity index (χ2v) is 4.13. The van der Waals surface area contributed by atoms with Crippen LogP contribution in [-0.4, -0.2) is 30.9 Å². The van der Waals surface area contributed by atoms with Crippen LogP contribution >= 0.6 is 0 Å². The third-order valence-corrected chi connectivity index (χ3v) is 2.80. The summed E-state index contributed by atoms with van der Waals surface area (Å²) in [7, 11) is 1.60. The molecular formula is C13H16O5. The Hall–Kier alpha value is -1.59. The van der Waals surface area contributed by atoms with E-state index in [2.05, 4.69) is 0 Å². The molecule has 0 spiro atoms. The maximum absolute atomic E-state index is 10.5. The molecule has 0 aromatic heterocycles. The van der Waals surface area contributed by atoms with Gasteiger partial charge in [-0.3, -0.25) is 4.79 Å². The summed E-state index contributed by atoms with van der Waals surface area (Å²) in [5.74, 6) is -0.0721. The molecule has 1 fully saturated rings. The van der Waals surface area contributed by atoms with E-state index in [4.69, 9.17) is 19.3 Å². The Labute approximate surface area is 105 Å². The van der Waals surface area contributed by atoms with E-state index in [0.29, 0.717) is 13.0 Å². The van der Waals surface area contributed by atoms with E-state index < -0.39 is 12.3 Å². The van der Waals surface area contributed by atoms with Gasteiger partial charge in [-0.05, 0) is 18.6 Å². The lowest BCUT2D eigenvalue weighted by Gasteiger charge is -2.12. The summed E-state index contributed by atoms with van der Waals surface area (Å²) in [4.78, 5) is 10.5. The minimum absolute atomic E-state index is 0.0961. The smallest absolute Gasteiger partial charge is 0.303 e. The van der Waals surface area contributed by atoms with E-state index in [1.165, 1.54) is 0 Å². The van der Waals surface area contributed by atoms with Crippen LogP contribution in [0, 0.1) is 0 Å². The number of aliphatic carboxylic acids is 1. The van der Waals surface area contributed by atoms with E-state index in [9.17, 15) is 4.79 Å². The van der Waals surface area contributed by atoms with Crippen LogP contribution in [0.25, 0.3) is 0 Å². The molecule has 1 aromatic carbocycles. The van der Waals surface area contributed by atoms with Gasteiger partial charge in [0.25, 0.3) is 0 Å². The molecule has 1 saturated heterocycles. The summed E-state index contributed by atoms with van der Waals surface area (Å²) >= 11 is 0. The molecular weight excluding hydrogens is 236 g/mol. The van der Waals surface area contributed by atoms with E-state index in [0.717, 1.165) is 11.3 Å². The van der Waals surface area contributed by atoms with Crippen molar-refractivity contribution in [2.45, 2.75) is 25.2 Å². The number of carboxylic acids is 1. The molecule has 2 unspecified atom stereocenters. The molecule has 1 aromatic rings. The highest BCUT2D eigenvalue weighted by Gasteiger charge is 2.27. The number of benzene rings is 1. The van der Waals surface area contributed by atoms with Gasteiger partial charge in [-0.15, -0.1) is 0 Å². The van der Waals surface area contributed by atoms with Crippen LogP contribution < -0.4 is 4.74 Å². The van der Waals surface area contributed by atoms with Gasteiger partial charge >= 0.3 is 5.97 Å². The average molecular weight is 252 g/mol. The first kappa shape index (κ1) is 12.9. The van der Waals surface area contributed by atoms with Crippen LogP contribution in [0.2, 0.25) is 0 Å². The first-order valence-corrected chi connectivity index (χ1v) is 5.82. The highest BCUT2D eigenvalue weighted by molar-refractivity contribution is 5.66. The molecule has 1 heterocycles. The molecule has 18 heavy (non-hydrogen) atoms. The fourth-order valence-corrected chi connectivity index (χ4v) is 1.85. The van der Waals surface area contributed by atoms with E-state index in [1.807, 2.05) is 24.3 Å². The van der Waals surface area contributed by atoms with Crippen molar-refractivity contribution < 1.29 is 24.1 Å². The van der Waals surface area contributed by atoms with Gasteiger partial charge in [-0.1, -0.05) is 12.1 Å². The van der Waals surface area contributed by atoms with Crippen molar-refractivity contribution in [3.63, 3.8) is 0 Å². The number of ether oxygens (including phenoxy) is 3. The molecule has 0 aliphatic carbocycles. The molecule has 0 amide bonds. The Bertz CT molecular complexity index is 418. The fraction of sp³-hybridized carbons (Fsp3) is 0.462. The van der Waals surface area contributed by atoms with Crippen molar-refractivity contribution in [2.75, 3.05) is 13.7 Å². The molecule has 2 rings (SSSR count). The number of carboxylic acid groups (broad SMARTS) is 1. The maximum Gasteiger partial charge on any atom is 0.303 e. The molecule has 1 aliphatic heterocycles. The number of methoxy groups -OCH3 is 1. The zero-order valence-electron chi connectivity index (χ0n) is 10.2. The molecule has 5 heteroatoms. The second kappa shape index (κ2) is 5.84. The van der Waals surface area contributed by atoms with Gasteiger partial charge in [0.15, 0.2) is 6.29 Å². The zero-order valence-corrected chi connectivity index (χ0v) is 10.2. The topological polar surface area (TPSA) is 65.0 Å². The highest BCUT2D eigenvalue weighted by atomic mass is 16.7. The van der Waals surface area contributed by atoms with Gasteiger partial charge < -0.3 is 19.3 Å². The van der Waals surface area contributed by atoms with Gasteiger partial charge in [0.2, 0.25) is 0 Å². The number of carbonyl (C=O) groups is 1. The normalized spacial score (nSPS) is 22.9. The number of rotatable bonds is 5. The van der Waals surface area contributed by atoms with Gasteiger partial charge in [0.05, 0.1) is 19.8 Å². The van der Waals surface area contributed by atoms with Crippen LogP contribution in [0.5, 0.6) is 5.75 Å². The molecule has 0 radical (unpaired) electrons. The lowest BCUT2D eigenvalue weighted by Crippen LogP contribution is -2.12. The van der Waals surface area contributed by atoms with Crippen molar-refractivity contribution in [1.29, 1.82) is 0 Å². The van der Waals surface area contributed by atoms with Crippen molar-refractivity contribution in [3.05, 3.63) is 29.8 Å². The molecule has 0 bridgehead atoms. The minimum Gasteiger partial charge on any atom is -0.497 e. The SMILES string of the molecule is COc1cccc(C2OCC(CCC(=O)O)O2)c1. The largest absolute Gasteiger partial charge is 0.497 e. The average Bonchev–Trinajstić information content (AvgIpc) is 2.85. The lowest BCUT2D eigenvalue weighted by atomic mass is 10.2. The van der Waals surface area contributed by atoms with Gasteiger partial charge in [0, 0.05) is 12.0 Å². The Balaban J connectivity index is 1.93. The summed E-state index contributed by atoms with van der Waals surface area (Å²) in [5.41, 5.74) is 0.882. The van der Waals surface area contributed by atoms with Crippen molar-refractivity contribution in [2.24, 2.45) is 0 Å².